The fourth-order valence-corrected chi connectivity index (χ4v) is 1.11. The van der Waals surface area contributed by atoms with E-state index in [0.29, 0.717) is 6.42 Å². The third kappa shape index (κ3) is 10.6. The highest BCUT2D eigenvalue weighted by Crippen LogP contribution is 2.00. The van der Waals surface area contributed by atoms with Crippen molar-refractivity contribution in [1.82, 2.24) is 0 Å². The molecule has 0 amide bonds. The zero-order valence-electron chi connectivity index (χ0n) is 10.1. The van der Waals surface area contributed by atoms with Crippen molar-refractivity contribution in [3.63, 3.8) is 0 Å². The molecular weight excluding hydrogens is 200 g/mol. The highest BCUT2D eigenvalue weighted by atomic mass is 16.1. The Morgan fingerprint density at radius 3 is 2.12 bits per heavy atom. The van der Waals surface area contributed by atoms with E-state index in [1.54, 1.807) is 30.4 Å². The monoisotopic (exact) mass is 220 g/mol. The van der Waals surface area contributed by atoms with Gasteiger partial charge in [-0.15, -0.1) is 0 Å². The van der Waals surface area contributed by atoms with E-state index in [4.69, 9.17) is 0 Å². The number of hydrogen-bond acceptors (Lipinski definition) is 2. The molecule has 0 radical (unpaired) electrons. The van der Waals surface area contributed by atoms with E-state index >= 15 is 0 Å². The van der Waals surface area contributed by atoms with Gasteiger partial charge >= 0.3 is 0 Å². The second-order valence-electron chi connectivity index (χ2n) is 3.64. The van der Waals surface area contributed by atoms with Crippen molar-refractivity contribution in [3.8, 4) is 0 Å². The first-order chi connectivity index (χ1) is 7.66. The smallest absolute Gasteiger partial charge is 0.155 e. The molecule has 0 aromatic rings. The molecule has 0 bridgehead atoms. The Morgan fingerprint density at radius 2 is 1.56 bits per heavy atom. The van der Waals surface area contributed by atoms with Gasteiger partial charge in [0.15, 0.2) is 11.6 Å². The second-order valence-corrected chi connectivity index (χ2v) is 3.64. The standard InChI is InChI=1S/C14H20O2/c1-3-4-7-11-14(16)12-9-6-5-8-10-13(2)15/h5-6,8-10,12H,3-4,7,11H2,1-2H3/b6-5+,10-8+,12-9+. The Morgan fingerprint density at radius 1 is 0.938 bits per heavy atom. The number of rotatable bonds is 8. The van der Waals surface area contributed by atoms with Gasteiger partial charge in [0.05, 0.1) is 0 Å². The van der Waals surface area contributed by atoms with Crippen molar-refractivity contribution >= 4 is 11.6 Å². The van der Waals surface area contributed by atoms with Crippen LogP contribution in [0.3, 0.4) is 0 Å². The number of unbranched alkanes of at least 4 members (excludes halogenated alkanes) is 2. The van der Waals surface area contributed by atoms with Crippen LogP contribution in [0.5, 0.6) is 0 Å². The van der Waals surface area contributed by atoms with Gasteiger partial charge in [-0.05, 0) is 25.5 Å². The predicted molar refractivity (Wildman–Crippen MR) is 67.3 cm³/mol. The third-order valence-corrected chi connectivity index (χ3v) is 1.97. The van der Waals surface area contributed by atoms with Crippen molar-refractivity contribution in [3.05, 3.63) is 36.5 Å². The number of allylic oxidation sites excluding steroid dienone is 6. The summed E-state index contributed by atoms with van der Waals surface area (Å²) < 4.78 is 0. The summed E-state index contributed by atoms with van der Waals surface area (Å²) in [6.07, 6.45) is 13.7. The van der Waals surface area contributed by atoms with Crippen LogP contribution in [-0.2, 0) is 9.59 Å². The summed E-state index contributed by atoms with van der Waals surface area (Å²) in [7, 11) is 0. The number of carbonyl (C=O) groups excluding carboxylic acids is 2. The average Bonchev–Trinajstić information content (AvgIpc) is 2.23. The van der Waals surface area contributed by atoms with Crippen molar-refractivity contribution in [2.75, 3.05) is 0 Å². The predicted octanol–water partition coefficient (Wildman–Crippen LogP) is 3.39. The normalized spacial score (nSPS) is 11.9. The Labute approximate surface area is 97.7 Å². The maximum atomic E-state index is 11.3. The van der Waals surface area contributed by atoms with Gasteiger partial charge in [0, 0.05) is 6.42 Å². The molecule has 0 aromatic carbocycles. The van der Waals surface area contributed by atoms with Gasteiger partial charge in [0.2, 0.25) is 0 Å². The van der Waals surface area contributed by atoms with Crippen molar-refractivity contribution in [2.45, 2.75) is 39.5 Å². The zero-order chi connectivity index (χ0) is 12.2. The molecule has 2 nitrogen and oxygen atoms in total. The van der Waals surface area contributed by atoms with E-state index in [-0.39, 0.29) is 11.6 Å². The first-order valence-corrected chi connectivity index (χ1v) is 5.71. The zero-order valence-corrected chi connectivity index (χ0v) is 10.1. The molecule has 0 aliphatic rings. The first kappa shape index (κ1) is 14.6. The molecular formula is C14H20O2. The van der Waals surface area contributed by atoms with Crippen LogP contribution >= 0.6 is 0 Å². The van der Waals surface area contributed by atoms with Crippen LogP contribution < -0.4 is 0 Å². The second kappa shape index (κ2) is 10.1. The van der Waals surface area contributed by atoms with Crippen LogP contribution in [0.1, 0.15) is 39.5 Å². The molecule has 0 N–H and O–H groups in total. The van der Waals surface area contributed by atoms with Crippen molar-refractivity contribution in [2.24, 2.45) is 0 Å². The summed E-state index contributed by atoms with van der Waals surface area (Å²) in [5.74, 6) is 0.179. The van der Waals surface area contributed by atoms with E-state index in [1.165, 1.54) is 13.0 Å². The maximum Gasteiger partial charge on any atom is 0.155 e. The molecule has 0 aliphatic heterocycles. The molecule has 0 heterocycles. The number of ketones is 2. The molecule has 0 saturated carbocycles. The van der Waals surface area contributed by atoms with E-state index in [9.17, 15) is 9.59 Å². The Kier molecular flexibility index (Phi) is 9.18. The molecule has 0 rings (SSSR count). The molecule has 0 atom stereocenters. The summed E-state index contributed by atoms with van der Waals surface area (Å²) in [6.45, 7) is 3.61. The van der Waals surface area contributed by atoms with Crippen molar-refractivity contribution < 1.29 is 9.59 Å². The van der Waals surface area contributed by atoms with Crippen LogP contribution in [0, 0.1) is 0 Å². The lowest BCUT2D eigenvalue weighted by Crippen LogP contribution is -1.91. The molecule has 0 saturated heterocycles. The third-order valence-electron chi connectivity index (χ3n) is 1.97. The van der Waals surface area contributed by atoms with Gasteiger partial charge in [-0.1, -0.05) is 44.1 Å². The SMILES string of the molecule is CCCCCC(=O)/C=C/C=C/C=C/C(C)=O. The largest absolute Gasteiger partial charge is 0.295 e. The lowest BCUT2D eigenvalue weighted by Gasteiger charge is -1.92. The molecule has 16 heavy (non-hydrogen) atoms. The van der Waals surface area contributed by atoms with Crippen molar-refractivity contribution in [1.29, 1.82) is 0 Å². The van der Waals surface area contributed by atoms with Crippen LogP contribution in [0.25, 0.3) is 0 Å². The minimum absolute atomic E-state index is 0.0178. The molecule has 0 fully saturated rings. The minimum Gasteiger partial charge on any atom is -0.295 e. The molecule has 0 spiro atoms. The number of hydrogen-bond donors (Lipinski definition) is 0. The molecule has 2 heteroatoms. The molecule has 0 aromatic heterocycles. The highest BCUT2D eigenvalue weighted by Gasteiger charge is 1.93. The topological polar surface area (TPSA) is 34.1 Å². The van der Waals surface area contributed by atoms with Gasteiger partial charge in [-0.2, -0.15) is 0 Å². The van der Waals surface area contributed by atoms with Gasteiger partial charge < -0.3 is 0 Å². The van der Waals surface area contributed by atoms with E-state index in [2.05, 4.69) is 6.92 Å². The van der Waals surface area contributed by atoms with E-state index < -0.39 is 0 Å². The highest BCUT2D eigenvalue weighted by molar-refractivity contribution is 5.89. The summed E-state index contributed by atoms with van der Waals surface area (Å²) in [4.78, 5) is 21.8. The van der Waals surface area contributed by atoms with Gasteiger partial charge in [0.25, 0.3) is 0 Å². The Bertz CT molecular complexity index is 296. The van der Waals surface area contributed by atoms with Crippen LogP contribution in [0.15, 0.2) is 36.5 Å². The minimum atomic E-state index is 0.0178. The van der Waals surface area contributed by atoms with Gasteiger partial charge in [0.1, 0.15) is 0 Å². The summed E-state index contributed by atoms with van der Waals surface area (Å²) in [5.41, 5.74) is 0. The lowest BCUT2D eigenvalue weighted by atomic mass is 10.1. The summed E-state index contributed by atoms with van der Waals surface area (Å²) in [6, 6.07) is 0. The van der Waals surface area contributed by atoms with Crippen LogP contribution in [-0.4, -0.2) is 11.6 Å². The summed E-state index contributed by atoms with van der Waals surface area (Å²) in [5, 5.41) is 0. The fraction of sp³-hybridized carbons (Fsp3) is 0.429. The number of carbonyl (C=O) groups is 2. The van der Waals surface area contributed by atoms with Gasteiger partial charge in [-0.3, -0.25) is 9.59 Å². The van der Waals surface area contributed by atoms with E-state index in [1.807, 2.05) is 0 Å². The van der Waals surface area contributed by atoms with E-state index in [0.717, 1.165) is 19.3 Å². The van der Waals surface area contributed by atoms with Crippen LogP contribution in [0.2, 0.25) is 0 Å². The first-order valence-electron chi connectivity index (χ1n) is 5.71. The van der Waals surface area contributed by atoms with Gasteiger partial charge in [-0.25, -0.2) is 0 Å². The van der Waals surface area contributed by atoms with Crippen LogP contribution in [0.4, 0.5) is 0 Å². The average molecular weight is 220 g/mol. The fourth-order valence-electron chi connectivity index (χ4n) is 1.11. The Hall–Kier alpha value is -1.44. The molecule has 88 valence electrons. The molecule has 0 unspecified atom stereocenters. The molecule has 0 aliphatic carbocycles. The quantitative estimate of drug-likeness (QED) is 0.357. The summed E-state index contributed by atoms with van der Waals surface area (Å²) >= 11 is 0. The maximum absolute atomic E-state index is 11.3. The lowest BCUT2D eigenvalue weighted by molar-refractivity contribution is -0.115. The Balaban J connectivity index is 3.74.